The van der Waals surface area contributed by atoms with E-state index in [4.69, 9.17) is 9.41 Å². The largest absolute Gasteiger partial charge is 0.438 e. The summed E-state index contributed by atoms with van der Waals surface area (Å²) in [5.41, 5.74) is 9.34. The number of aromatic nitrogens is 2. The topological polar surface area (TPSA) is 47.4 Å². The molecule has 13 rings (SSSR count). The van der Waals surface area contributed by atoms with Gasteiger partial charge >= 0.3 is 0 Å². The smallest absolute Gasteiger partial charge is 0.228 e. The van der Waals surface area contributed by atoms with Crippen LogP contribution in [0, 0.1) is 0 Å². The van der Waals surface area contributed by atoms with Gasteiger partial charge in [0.25, 0.3) is 0 Å². The molecule has 1 aliphatic rings. The maximum Gasteiger partial charge on any atom is 0.228 e. The SMILES string of the molecule is c1ccc(-n2c3ccccc3c3cc(C4=c5c(oc6ccccc56)=NC(n5c6ccccc6c6c7ccccc7c7c8ccccc8sc7c65)N4)ccc32)cc1. The average molecular weight is 735 g/mol. The highest BCUT2D eigenvalue weighted by Crippen LogP contribution is 2.48. The third-order valence-corrected chi connectivity index (χ3v) is 12.9. The maximum absolute atomic E-state index is 6.68. The highest BCUT2D eigenvalue weighted by Gasteiger charge is 2.28. The van der Waals surface area contributed by atoms with Crippen molar-refractivity contribution in [3.63, 3.8) is 0 Å². The molecule has 12 aromatic rings. The third-order valence-electron chi connectivity index (χ3n) is 11.7. The second kappa shape index (κ2) is 11.2. The van der Waals surface area contributed by atoms with Gasteiger partial charge in [-0.1, -0.05) is 121 Å². The molecule has 56 heavy (non-hydrogen) atoms. The lowest BCUT2D eigenvalue weighted by Gasteiger charge is -2.24. The monoisotopic (exact) mass is 734 g/mol. The molecule has 262 valence electrons. The molecule has 1 unspecified atom stereocenters. The van der Waals surface area contributed by atoms with Crippen molar-refractivity contribution in [2.75, 3.05) is 0 Å². The van der Waals surface area contributed by atoms with Crippen LogP contribution in [-0.4, -0.2) is 9.13 Å². The molecule has 1 atom stereocenters. The number of hydrogen-bond acceptors (Lipinski definition) is 4. The van der Waals surface area contributed by atoms with Crippen LogP contribution >= 0.6 is 11.3 Å². The van der Waals surface area contributed by atoms with Gasteiger partial charge in [-0.25, -0.2) is 4.99 Å². The second-order valence-electron chi connectivity index (χ2n) is 14.7. The fourth-order valence-electron chi connectivity index (χ4n) is 9.46. The Morgan fingerprint density at radius 3 is 2.02 bits per heavy atom. The average Bonchev–Trinajstić information content (AvgIpc) is 4.01. The van der Waals surface area contributed by atoms with Crippen molar-refractivity contribution in [3.05, 3.63) is 186 Å². The number of thiophene rings is 1. The molecule has 8 aromatic carbocycles. The predicted molar refractivity (Wildman–Crippen MR) is 232 cm³/mol. The van der Waals surface area contributed by atoms with Crippen molar-refractivity contribution in [2.45, 2.75) is 6.29 Å². The molecule has 5 heterocycles. The number of para-hydroxylation sites is 4. The van der Waals surface area contributed by atoms with Crippen LogP contribution in [0.25, 0.3) is 96.9 Å². The fraction of sp³-hybridized carbons (Fsp3) is 0.0200. The van der Waals surface area contributed by atoms with E-state index in [1.165, 1.54) is 63.5 Å². The highest BCUT2D eigenvalue weighted by atomic mass is 32.1. The van der Waals surface area contributed by atoms with Crippen LogP contribution in [0.5, 0.6) is 0 Å². The third kappa shape index (κ3) is 4.00. The fourth-order valence-corrected chi connectivity index (χ4v) is 10.7. The molecule has 0 saturated carbocycles. The van der Waals surface area contributed by atoms with Crippen molar-refractivity contribution in [1.29, 1.82) is 0 Å². The first-order valence-electron chi connectivity index (χ1n) is 19.0. The Kier molecular flexibility index (Phi) is 6.04. The van der Waals surface area contributed by atoms with Gasteiger partial charge in [-0.05, 0) is 64.9 Å². The summed E-state index contributed by atoms with van der Waals surface area (Å²) < 4.78 is 14.0. The Morgan fingerprint density at radius 1 is 0.536 bits per heavy atom. The van der Waals surface area contributed by atoms with E-state index in [0.717, 1.165) is 44.2 Å². The zero-order valence-electron chi connectivity index (χ0n) is 29.9. The summed E-state index contributed by atoms with van der Waals surface area (Å²) in [7, 11) is 0. The quantitative estimate of drug-likeness (QED) is 0.196. The van der Waals surface area contributed by atoms with Crippen LogP contribution in [0.2, 0.25) is 0 Å². The van der Waals surface area contributed by atoms with Crippen molar-refractivity contribution in [3.8, 4) is 5.69 Å². The molecular weight excluding hydrogens is 705 g/mol. The molecule has 0 spiro atoms. The van der Waals surface area contributed by atoms with E-state index in [9.17, 15) is 0 Å². The molecule has 0 bridgehead atoms. The number of hydrogen-bond donors (Lipinski definition) is 1. The standard InChI is InChI=1S/C50H30N4OS/c1-2-14-30(15-3-1)53-38-22-10-6-16-31(38)37-28-29(26-27-40(37)53)46-45-35-20-8-12-24-41(35)55-49(45)52-50(51-46)54-39-23-11-7-19-34(39)43-32-17-4-5-18-33(32)44-36-21-9-13-25-42(36)56-48(44)47(43)54/h1-28,50-51H. The van der Waals surface area contributed by atoms with Crippen molar-refractivity contribution < 1.29 is 4.42 Å². The van der Waals surface area contributed by atoms with Crippen LogP contribution in [0.4, 0.5) is 0 Å². The number of nitrogens with one attached hydrogen (secondary N) is 1. The molecule has 0 aliphatic carbocycles. The normalized spacial score (nSPS) is 14.5. The summed E-state index contributed by atoms with van der Waals surface area (Å²) in [5.74, 6) is 0. The number of furan rings is 1. The summed E-state index contributed by atoms with van der Waals surface area (Å²) in [6, 6.07) is 60.9. The molecule has 1 aliphatic heterocycles. The summed E-state index contributed by atoms with van der Waals surface area (Å²) in [4.78, 5) is 5.46. The van der Waals surface area contributed by atoms with Gasteiger partial charge in [0.15, 0.2) is 0 Å². The van der Waals surface area contributed by atoms with E-state index in [0.29, 0.717) is 5.55 Å². The Morgan fingerprint density at radius 2 is 1.18 bits per heavy atom. The van der Waals surface area contributed by atoms with Crippen LogP contribution in [-0.2, 0) is 0 Å². The van der Waals surface area contributed by atoms with Crippen LogP contribution in [0.15, 0.2) is 179 Å². The first kappa shape index (κ1) is 30.2. The molecule has 0 saturated heterocycles. The van der Waals surface area contributed by atoms with E-state index in [1.807, 2.05) is 23.5 Å². The lowest BCUT2D eigenvalue weighted by atomic mass is 9.99. The van der Waals surface area contributed by atoms with Crippen LogP contribution in [0.3, 0.4) is 0 Å². The predicted octanol–water partition coefficient (Wildman–Crippen LogP) is 11.7. The molecule has 0 radical (unpaired) electrons. The lowest BCUT2D eigenvalue weighted by Crippen LogP contribution is -2.40. The van der Waals surface area contributed by atoms with E-state index in [-0.39, 0.29) is 0 Å². The van der Waals surface area contributed by atoms with E-state index < -0.39 is 6.29 Å². The maximum atomic E-state index is 6.68. The van der Waals surface area contributed by atoms with Gasteiger partial charge in [0.2, 0.25) is 11.8 Å². The van der Waals surface area contributed by atoms with E-state index in [2.05, 4.69) is 172 Å². The van der Waals surface area contributed by atoms with Crippen molar-refractivity contribution in [1.82, 2.24) is 14.5 Å². The minimum Gasteiger partial charge on any atom is -0.438 e. The zero-order valence-corrected chi connectivity index (χ0v) is 30.7. The van der Waals surface area contributed by atoms with Gasteiger partial charge in [-0.15, -0.1) is 11.3 Å². The van der Waals surface area contributed by atoms with Crippen molar-refractivity contribution in [2.24, 2.45) is 4.99 Å². The number of rotatable bonds is 3. The van der Waals surface area contributed by atoms with Gasteiger partial charge in [-0.2, -0.15) is 0 Å². The number of nitrogens with zero attached hydrogens (tertiary/aromatic N) is 3. The minimum absolute atomic E-state index is 0.489. The first-order chi connectivity index (χ1) is 27.8. The van der Waals surface area contributed by atoms with Gasteiger partial charge in [-0.3, -0.25) is 4.57 Å². The summed E-state index contributed by atoms with van der Waals surface area (Å²) in [6.45, 7) is 0. The zero-order chi connectivity index (χ0) is 36.5. The Hall–Kier alpha value is -7.15. The van der Waals surface area contributed by atoms with Crippen LogP contribution in [0.1, 0.15) is 11.9 Å². The molecule has 5 nitrogen and oxygen atoms in total. The Balaban J connectivity index is 1.13. The molecule has 0 amide bonds. The van der Waals surface area contributed by atoms with Crippen molar-refractivity contribution >= 4 is 103 Å². The summed E-state index contributed by atoms with van der Waals surface area (Å²) in [6.07, 6.45) is -0.489. The van der Waals surface area contributed by atoms with E-state index >= 15 is 0 Å². The Labute approximate surface area is 323 Å². The van der Waals surface area contributed by atoms with Gasteiger partial charge in [0.05, 0.1) is 37.7 Å². The molecule has 0 fully saturated rings. The van der Waals surface area contributed by atoms with E-state index in [1.54, 1.807) is 0 Å². The number of fused-ring (bicyclic) bond motifs is 16. The van der Waals surface area contributed by atoms with Gasteiger partial charge in [0, 0.05) is 48.1 Å². The van der Waals surface area contributed by atoms with Gasteiger partial charge < -0.3 is 14.3 Å². The minimum atomic E-state index is -0.489. The second-order valence-corrected chi connectivity index (χ2v) is 15.7. The molecule has 6 heteroatoms. The molecular formula is C50H30N4OS. The Bertz CT molecular complexity index is 3750. The highest BCUT2D eigenvalue weighted by molar-refractivity contribution is 7.27. The summed E-state index contributed by atoms with van der Waals surface area (Å²) in [5, 5.41) is 16.0. The first-order valence-corrected chi connectivity index (χ1v) is 19.8. The van der Waals surface area contributed by atoms with Gasteiger partial charge in [0.1, 0.15) is 5.58 Å². The van der Waals surface area contributed by atoms with Crippen LogP contribution < -0.4 is 16.1 Å². The molecule has 4 aromatic heterocycles. The summed E-state index contributed by atoms with van der Waals surface area (Å²) >= 11 is 1.87. The lowest BCUT2D eigenvalue weighted by molar-refractivity contribution is 0.440. The molecule has 1 N–H and O–H groups in total. The number of benzene rings is 8.